The molecule has 0 aliphatic carbocycles. The maximum Gasteiger partial charge on any atom is 0.0666 e. The van der Waals surface area contributed by atoms with Gasteiger partial charge in [0.1, 0.15) is 0 Å². The van der Waals surface area contributed by atoms with Crippen molar-refractivity contribution >= 4 is 0 Å². The minimum absolute atomic E-state index is 0.158. The third-order valence-corrected chi connectivity index (χ3v) is 2.41. The summed E-state index contributed by atoms with van der Waals surface area (Å²) >= 11 is 0. The summed E-state index contributed by atoms with van der Waals surface area (Å²) < 4.78 is 0. The Hall–Kier alpha value is -0.590. The highest BCUT2D eigenvalue weighted by molar-refractivity contribution is 4.88. The van der Waals surface area contributed by atoms with E-state index in [1.807, 2.05) is 6.92 Å². The average molecular weight is 167 g/mol. The lowest BCUT2D eigenvalue weighted by atomic mass is 10.1. The molecule has 1 aliphatic rings. The van der Waals surface area contributed by atoms with Crippen LogP contribution in [-0.4, -0.2) is 37.1 Å². The summed E-state index contributed by atoms with van der Waals surface area (Å²) in [5, 5.41) is 11.9. The Morgan fingerprint density at radius 2 is 2.33 bits per heavy atom. The van der Waals surface area contributed by atoms with Crippen molar-refractivity contribution in [2.75, 3.05) is 26.2 Å². The van der Waals surface area contributed by atoms with Crippen LogP contribution < -0.4 is 5.32 Å². The Morgan fingerprint density at radius 3 is 2.67 bits per heavy atom. The van der Waals surface area contributed by atoms with E-state index in [0.29, 0.717) is 6.04 Å². The van der Waals surface area contributed by atoms with Crippen LogP contribution in [0.3, 0.4) is 0 Å². The van der Waals surface area contributed by atoms with E-state index in [4.69, 9.17) is 5.26 Å². The van der Waals surface area contributed by atoms with Crippen molar-refractivity contribution in [2.24, 2.45) is 5.92 Å². The Kier molecular flexibility index (Phi) is 3.51. The molecule has 1 unspecified atom stereocenters. The number of rotatable bonds is 4. The highest BCUT2D eigenvalue weighted by Gasteiger charge is 2.23. The van der Waals surface area contributed by atoms with Crippen molar-refractivity contribution in [1.82, 2.24) is 10.2 Å². The van der Waals surface area contributed by atoms with E-state index in [0.717, 1.165) is 26.2 Å². The maximum absolute atomic E-state index is 8.66. The Bertz CT molecular complexity index is 169. The van der Waals surface area contributed by atoms with E-state index < -0.39 is 0 Å². The minimum Gasteiger partial charge on any atom is -0.314 e. The highest BCUT2D eigenvalue weighted by Crippen LogP contribution is 2.07. The summed E-state index contributed by atoms with van der Waals surface area (Å²) in [5.41, 5.74) is 0. The van der Waals surface area contributed by atoms with Crippen LogP contribution in [-0.2, 0) is 0 Å². The molecule has 0 aromatic rings. The van der Waals surface area contributed by atoms with Gasteiger partial charge in [-0.1, -0.05) is 6.92 Å². The first-order chi connectivity index (χ1) is 5.77. The molecule has 1 saturated heterocycles. The molecule has 68 valence electrons. The van der Waals surface area contributed by atoms with Crippen LogP contribution >= 0.6 is 0 Å². The fourth-order valence-corrected chi connectivity index (χ4v) is 1.46. The van der Waals surface area contributed by atoms with E-state index in [9.17, 15) is 0 Å². The molecule has 0 aromatic carbocycles. The van der Waals surface area contributed by atoms with Gasteiger partial charge in [0.15, 0.2) is 0 Å². The smallest absolute Gasteiger partial charge is 0.0666 e. The minimum atomic E-state index is 0.158. The fraction of sp³-hybridized carbons (Fsp3) is 0.889. The predicted molar refractivity (Wildman–Crippen MR) is 48.7 cm³/mol. The summed E-state index contributed by atoms with van der Waals surface area (Å²) in [4.78, 5) is 2.38. The highest BCUT2D eigenvalue weighted by atomic mass is 15.2. The standard InChI is InChI=1S/C9H17N3/c1-3-12(7-8(2)4-10)9-5-11-6-9/h8-9,11H,3,5-7H2,1-2H3. The van der Waals surface area contributed by atoms with Crippen molar-refractivity contribution in [1.29, 1.82) is 5.26 Å². The van der Waals surface area contributed by atoms with Crippen LogP contribution in [0.25, 0.3) is 0 Å². The SMILES string of the molecule is CCN(CC(C)C#N)C1CNC1. The van der Waals surface area contributed by atoms with Gasteiger partial charge >= 0.3 is 0 Å². The predicted octanol–water partition coefficient (Wildman–Crippen LogP) is 0.440. The number of nitrogens with zero attached hydrogens (tertiary/aromatic N) is 2. The zero-order valence-corrected chi connectivity index (χ0v) is 7.88. The van der Waals surface area contributed by atoms with Crippen LogP contribution in [0.15, 0.2) is 0 Å². The van der Waals surface area contributed by atoms with E-state index in [1.54, 1.807) is 0 Å². The molecule has 1 fully saturated rings. The van der Waals surface area contributed by atoms with E-state index in [1.165, 1.54) is 0 Å². The number of hydrogen-bond donors (Lipinski definition) is 1. The van der Waals surface area contributed by atoms with Gasteiger partial charge in [-0.15, -0.1) is 0 Å². The first-order valence-electron chi connectivity index (χ1n) is 4.62. The van der Waals surface area contributed by atoms with Gasteiger partial charge in [0.2, 0.25) is 0 Å². The molecule has 0 aromatic heterocycles. The monoisotopic (exact) mass is 167 g/mol. The van der Waals surface area contributed by atoms with Crippen molar-refractivity contribution in [3.05, 3.63) is 0 Å². The second-order valence-corrected chi connectivity index (χ2v) is 3.43. The fourth-order valence-electron chi connectivity index (χ4n) is 1.46. The molecular weight excluding hydrogens is 150 g/mol. The number of likely N-dealkylation sites (N-methyl/N-ethyl adjacent to an activating group) is 1. The summed E-state index contributed by atoms with van der Waals surface area (Å²) in [6, 6.07) is 2.94. The topological polar surface area (TPSA) is 39.1 Å². The zero-order chi connectivity index (χ0) is 8.97. The third-order valence-electron chi connectivity index (χ3n) is 2.41. The molecule has 3 heteroatoms. The molecule has 0 amide bonds. The lowest BCUT2D eigenvalue weighted by Crippen LogP contribution is -2.57. The van der Waals surface area contributed by atoms with Gasteiger partial charge in [-0.05, 0) is 13.5 Å². The second kappa shape index (κ2) is 4.44. The Morgan fingerprint density at radius 1 is 1.67 bits per heavy atom. The van der Waals surface area contributed by atoms with Crippen LogP contribution in [0.1, 0.15) is 13.8 Å². The van der Waals surface area contributed by atoms with Gasteiger partial charge in [-0.2, -0.15) is 5.26 Å². The molecule has 1 atom stereocenters. The van der Waals surface area contributed by atoms with E-state index in [2.05, 4.69) is 23.2 Å². The van der Waals surface area contributed by atoms with E-state index in [-0.39, 0.29) is 5.92 Å². The summed E-state index contributed by atoms with van der Waals surface area (Å²) in [7, 11) is 0. The average Bonchev–Trinajstić information content (AvgIpc) is 1.99. The first-order valence-corrected chi connectivity index (χ1v) is 4.62. The largest absolute Gasteiger partial charge is 0.314 e. The molecule has 1 rings (SSSR count). The zero-order valence-electron chi connectivity index (χ0n) is 7.88. The molecular formula is C9H17N3. The molecule has 12 heavy (non-hydrogen) atoms. The number of nitriles is 1. The summed E-state index contributed by atoms with van der Waals surface area (Å²) in [6.45, 7) is 8.28. The molecule has 0 radical (unpaired) electrons. The molecule has 0 saturated carbocycles. The van der Waals surface area contributed by atoms with Crippen molar-refractivity contribution in [2.45, 2.75) is 19.9 Å². The number of hydrogen-bond acceptors (Lipinski definition) is 3. The van der Waals surface area contributed by atoms with Gasteiger partial charge < -0.3 is 5.32 Å². The van der Waals surface area contributed by atoms with Gasteiger partial charge in [0.05, 0.1) is 12.0 Å². The first kappa shape index (κ1) is 9.50. The normalized spacial score (nSPS) is 20.2. The van der Waals surface area contributed by atoms with Gasteiger partial charge in [-0.3, -0.25) is 4.90 Å². The molecule has 0 spiro atoms. The lowest BCUT2D eigenvalue weighted by Gasteiger charge is -2.38. The Labute approximate surface area is 74.4 Å². The second-order valence-electron chi connectivity index (χ2n) is 3.43. The van der Waals surface area contributed by atoms with Crippen molar-refractivity contribution < 1.29 is 0 Å². The molecule has 3 nitrogen and oxygen atoms in total. The van der Waals surface area contributed by atoms with Gasteiger partial charge in [-0.25, -0.2) is 0 Å². The maximum atomic E-state index is 8.66. The quantitative estimate of drug-likeness (QED) is 0.660. The lowest BCUT2D eigenvalue weighted by molar-refractivity contribution is 0.143. The molecule has 1 N–H and O–H groups in total. The van der Waals surface area contributed by atoms with Gasteiger partial charge in [0, 0.05) is 25.7 Å². The van der Waals surface area contributed by atoms with E-state index >= 15 is 0 Å². The third kappa shape index (κ3) is 2.20. The molecule has 1 heterocycles. The molecule has 1 aliphatic heterocycles. The molecule has 0 bridgehead atoms. The Balaban J connectivity index is 2.30. The van der Waals surface area contributed by atoms with Crippen molar-refractivity contribution in [3.63, 3.8) is 0 Å². The van der Waals surface area contributed by atoms with Crippen LogP contribution in [0, 0.1) is 17.2 Å². The summed E-state index contributed by atoms with van der Waals surface area (Å²) in [6.07, 6.45) is 0. The van der Waals surface area contributed by atoms with Crippen LogP contribution in [0.4, 0.5) is 0 Å². The summed E-state index contributed by atoms with van der Waals surface area (Å²) in [5.74, 6) is 0.158. The van der Waals surface area contributed by atoms with Crippen LogP contribution in [0.5, 0.6) is 0 Å². The number of nitrogens with one attached hydrogen (secondary N) is 1. The van der Waals surface area contributed by atoms with Crippen molar-refractivity contribution in [3.8, 4) is 6.07 Å². The van der Waals surface area contributed by atoms with Crippen LogP contribution in [0.2, 0.25) is 0 Å². The van der Waals surface area contributed by atoms with Gasteiger partial charge in [0.25, 0.3) is 0 Å².